The average Bonchev–Trinajstić information content (AvgIpc) is 4.03. The summed E-state index contributed by atoms with van der Waals surface area (Å²) in [5.74, 6) is 1.90. The van der Waals surface area contributed by atoms with Gasteiger partial charge in [0.05, 0.1) is 91.2 Å². The summed E-state index contributed by atoms with van der Waals surface area (Å²) in [4.78, 5) is 9.07. The van der Waals surface area contributed by atoms with Crippen LogP contribution in [0.3, 0.4) is 0 Å². The highest BCUT2D eigenvalue weighted by Crippen LogP contribution is 2.50. The minimum atomic E-state index is -3.47. The van der Waals surface area contributed by atoms with Crippen LogP contribution in [-0.2, 0) is 33.7 Å². The van der Waals surface area contributed by atoms with E-state index in [0.717, 1.165) is 90.8 Å². The lowest BCUT2D eigenvalue weighted by Crippen LogP contribution is -2.44. The molecule has 5 atom stereocenters. The van der Waals surface area contributed by atoms with Gasteiger partial charge in [-0.1, -0.05) is 18.9 Å². The summed E-state index contributed by atoms with van der Waals surface area (Å²) in [5, 5.41) is 10.2. The number of ether oxygens (including phenoxy) is 4. The lowest BCUT2D eigenvalue weighted by Gasteiger charge is -2.34. The van der Waals surface area contributed by atoms with E-state index in [1.54, 1.807) is 40.3 Å². The molecule has 4 heterocycles. The summed E-state index contributed by atoms with van der Waals surface area (Å²) >= 11 is 0. The Morgan fingerprint density at radius 2 is 1.47 bits per heavy atom. The maximum absolute atomic E-state index is 12.9. The number of likely N-dealkylation sites (N-methyl/N-ethyl adjacent to an activating group) is 1. The zero-order valence-electron chi connectivity index (χ0n) is 40.2. The number of pyridine rings is 1. The first-order chi connectivity index (χ1) is 30.3. The molecule has 1 aromatic heterocycles. The third-order valence-corrected chi connectivity index (χ3v) is 14.8. The predicted molar refractivity (Wildman–Crippen MR) is 264 cm³/mol. The molecule has 0 amide bonds. The van der Waals surface area contributed by atoms with Crippen molar-refractivity contribution in [1.29, 1.82) is 0 Å². The Hall–Kier alpha value is -4.26. The van der Waals surface area contributed by atoms with Gasteiger partial charge in [-0.05, 0) is 105 Å². The van der Waals surface area contributed by atoms with Gasteiger partial charge in [-0.2, -0.15) is 0 Å². The first-order valence-corrected chi connectivity index (χ1v) is 24.3. The highest BCUT2D eigenvalue weighted by Gasteiger charge is 2.51. The van der Waals surface area contributed by atoms with E-state index in [9.17, 15) is 8.42 Å². The number of aromatic nitrogens is 1. The summed E-state index contributed by atoms with van der Waals surface area (Å²) in [6.07, 6.45) is 5.88. The summed E-state index contributed by atoms with van der Waals surface area (Å²) in [6.45, 7) is 21.9. The molecule has 16 nitrogen and oxygen atoms in total. The normalized spacial score (nSPS) is 21.7. The van der Waals surface area contributed by atoms with Crippen molar-refractivity contribution in [1.82, 2.24) is 9.88 Å². The molecule has 4 unspecified atom stereocenters. The van der Waals surface area contributed by atoms with Crippen LogP contribution >= 0.6 is 0 Å². The first kappa shape index (κ1) is 50.7. The molecule has 7 rings (SSSR count). The van der Waals surface area contributed by atoms with Gasteiger partial charge in [0.1, 0.15) is 10.6 Å². The van der Waals surface area contributed by atoms with E-state index in [-0.39, 0.29) is 24.2 Å². The summed E-state index contributed by atoms with van der Waals surface area (Å²) < 4.78 is 47.9. The molecule has 4 aliphatic rings. The van der Waals surface area contributed by atoms with Crippen molar-refractivity contribution in [3.8, 4) is 0 Å². The molecule has 0 radical (unpaired) electrons. The van der Waals surface area contributed by atoms with Crippen LogP contribution in [0.4, 0.5) is 45.6 Å². The maximum Gasteiger partial charge on any atom is 0.244 e. The Kier molecular flexibility index (Phi) is 17.7. The monoisotopic (exact) mass is 911 g/mol. The average molecular weight is 911 g/mol. The van der Waals surface area contributed by atoms with E-state index in [1.165, 1.54) is 23.6 Å². The summed E-state index contributed by atoms with van der Waals surface area (Å²) in [7, 11) is 1.98. The SMILES string of the molecule is CC(CC1CC1)Nc1cc(N2CCOC[C@@H]2C)ncc1N.COCC(C)Nc1cc(C2CN(C)CCO2)ccc1N.COCC(C)Nc1cc2c(cc1N)C(C)(C)S(=O)(=O)N2C(C)C. The Morgan fingerprint density at radius 1 is 0.844 bits per heavy atom. The molecule has 3 aliphatic heterocycles. The second-order valence-corrected chi connectivity index (χ2v) is 21.2. The van der Waals surface area contributed by atoms with Gasteiger partial charge in [0.2, 0.25) is 10.0 Å². The number of fused-ring (bicyclic) bond motifs is 1. The topological polar surface area (TPSA) is 208 Å². The standard InChI is InChI=1S/C16H26N4O.C16H27N3O3S.C15H25N3O2/c1-11(7-13-3-4-13)19-15-8-16(18-9-14(15)17)20-5-6-21-10-12(20)2;1-10(2)19-15-8-14(18-11(3)9-22-6)13(17)7-12(15)16(4,5)23(19,20)21;1-11(10-19-3)17-14-8-12(4-5-13(14)16)15-9-18(2)6-7-20-15/h8-9,11-13H,3-7,10,17H2,1-2H3,(H,18,19);7-8,10-11,18H,9,17H2,1-6H3;4-5,8,11,15,17H,6-7,9-10,16H2,1-3H3/t11?,12-;;/m0../s1. The fourth-order valence-electron chi connectivity index (χ4n) is 8.44. The van der Waals surface area contributed by atoms with Crippen LogP contribution in [-0.4, -0.2) is 122 Å². The second-order valence-electron chi connectivity index (χ2n) is 18.8. The summed E-state index contributed by atoms with van der Waals surface area (Å²) in [6, 6.07) is 12.7. The molecule has 1 saturated carbocycles. The number of benzene rings is 2. The molecule has 9 N–H and O–H groups in total. The molecule has 0 spiro atoms. The van der Waals surface area contributed by atoms with Gasteiger partial charge in [-0.15, -0.1) is 0 Å². The number of nitrogens with one attached hydrogen (secondary N) is 3. The van der Waals surface area contributed by atoms with E-state index >= 15 is 0 Å². The first-order valence-electron chi connectivity index (χ1n) is 22.8. The third-order valence-electron chi connectivity index (χ3n) is 12.2. The number of morpholine rings is 2. The van der Waals surface area contributed by atoms with E-state index in [0.29, 0.717) is 36.7 Å². The number of hydrogen-bond acceptors (Lipinski definition) is 15. The highest BCUT2D eigenvalue weighted by molar-refractivity contribution is 7.94. The van der Waals surface area contributed by atoms with Crippen LogP contribution in [0, 0.1) is 5.92 Å². The molecular formula is C47H78N10O6S. The van der Waals surface area contributed by atoms with Gasteiger partial charge in [-0.3, -0.25) is 4.31 Å². The van der Waals surface area contributed by atoms with E-state index in [1.807, 2.05) is 39.0 Å². The number of nitrogen functional groups attached to an aromatic ring is 3. The maximum atomic E-state index is 12.9. The van der Waals surface area contributed by atoms with Gasteiger partial charge in [-0.25, -0.2) is 13.4 Å². The number of rotatable bonds is 15. The number of sulfonamides is 1. The van der Waals surface area contributed by atoms with Crippen molar-refractivity contribution in [3.05, 3.63) is 53.7 Å². The zero-order valence-corrected chi connectivity index (χ0v) is 41.1. The number of methoxy groups -OCH3 is 2. The minimum Gasteiger partial charge on any atom is -0.397 e. The molecule has 358 valence electrons. The van der Waals surface area contributed by atoms with Crippen LogP contribution in [0.1, 0.15) is 91.9 Å². The smallest absolute Gasteiger partial charge is 0.244 e. The molecule has 64 heavy (non-hydrogen) atoms. The van der Waals surface area contributed by atoms with Gasteiger partial charge in [0.15, 0.2) is 0 Å². The second kappa shape index (κ2) is 22.3. The Bertz CT molecular complexity index is 2090. The fraction of sp³-hybridized carbons (Fsp3) is 0.638. The van der Waals surface area contributed by atoms with Crippen LogP contribution in [0.5, 0.6) is 0 Å². The zero-order chi connectivity index (χ0) is 46.9. The van der Waals surface area contributed by atoms with Crippen LogP contribution in [0.25, 0.3) is 0 Å². The molecule has 3 aromatic rings. The molecule has 17 heteroatoms. The van der Waals surface area contributed by atoms with E-state index < -0.39 is 14.8 Å². The molecule has 2 aromatic carbocycles. The van der Waals surface area contributed by atoms with Gasteiger partial charge < -0.3 is 61.9 Å². The largest absolute Gasteiger partial charge is 0.397 e. The molecule has 2 saturated heterocycles. The van der Waals surface area contributed by atoms with Gasteiger partial charge >= 0.3 is 0 Å². The van der Waals surface area contributed by atoms with Crippen molar-refractivity contribution in [3.63, 3.8) is 0 Å². The predicted octanol–water partition coefficient (Wildman–Crippen LogP) is 6.72. The van der Waals surface area contributed by atoms with Gasteiger partial charge in [0, 0.05) is 69.7 Å². The lowest BCUT2D eigenvalue weighted by atomic mass is 9.98. The van der Waals surface area contributed by atoms with E-state index in [2.05, 4.69) is 70.7 Å². The van der Waals surface area contributed by atoms with Gasteiger partial charge in [0.25, 0.3) is 0 Å². The lowest BCUT2D eigenvalue weighted by molar-refractivity contribution is -0.0208. The molecule has 1 aliphatic carbocycles. The number of nitrogens with zero attached hydrogens (tertiary/aromatic N) is 4. The van der Waals surface area contributed by atoms with Crippen LogP contribution in [0.15, 0.2) is 42.6 Å². The number of hydrogen-bond donors (Lipinski definition) is 6. The van der Waals surface area contributed by atoms with Crippen molar-refractivity contribution in [2.24, 2.45) is 5.92 Å². The number of nitrogens with two attached hydrogens (primary N) is 3. The van der Waals surface area contributed by atoms with Crippen molar-refractivity contribution in [2.45, 2.75) is 116 Å². The fourth-order valence-corrected chi connectivity index (χ4v) is 10.3. The van der Waals surface area contributed by atoms with Crippen molar-refractivity contribution < 1.29 is 27.4 Å². The highest BCUT2D eigenvalue weighted by atomic mass is 32.2. The Morgan fingerprint density at radius 3 is 2.06 bits per heavy atom. The quantitative estimate of drug-likeness (QED) is 0.0876. The molecule has 3 fully saturated rings. The van der Waals surface area contributed by atoms with E-state index in [4.69, 9.17) is 36.1 Å². The molecule has 0 bridgehead atoms. The summed E-state index contributed by atoms with van der Waals surface area (Å²) in [5.41, 5.74) is 25.6. The Labute approximate surface area is 383 Å². The van der Waals surface area contributed by atoms with Crippen LogP contribution in [0.2, 0.25) is 0 Å². The van der Waals surface area contributed by atoms with Crippen molar-refractivity contribution in [2.75, 3.05) is 116 Å². The van der Waals surface area contributed by atoms with Crippen LogP contribution < -0.4 is 42.4 Å². The molecular weight excluding hydrogens is 833 g/mol. The number of anilines is 8. The minimum absolute atomic E-state index is 0.0684. The van der Waals surface area contributed by atoms with Crippen molar-refractivity contribution >= 4 is 55.7 Å². The third kappa shape index (κ3) is 12.8. The Balaban J connectivity index is 0.000000181.